The highest BCUT2D eigenvalue weighted by molar-refractivity contribution is 5.95. The minimum absolute atomic E-state index is 0.0412. The molecular formula is C16H22N2O2. The van der Waals surface area contributed by atoms with Crippen molar-refractivity contribution in [3.63, 3.8) is 0 Å². The first-order valence-corrected chi connectivity index (χ1v) is 7.10. The van der Waals surface area contributed by atoms with Crippen LogP contribution in [-0.2, 0) is 4.74 Å². The van der Waals surface area contributed by atoms with Crippen LogP contribution in [0.3, 0.4) is 0 Å². The standard InChI is InChI=1S/C16H22N2O2/c1-12(2)18-16(19)13-6-5-7-14(10-13)17-11-15-8-3-4-9-20-15/h4-7,9-10,12,15,17H,3,8,11H2,1-2H3,(H,18,19). The van der Waals surface area contributed by atoms with Crippen LogP contribution in [0, 0.1) is 0 Å². The van der Waals surface area contributed by atoms with Gasteiger partial charge in [-0.1, -0.05) is 6.07 Å². The topological polar surface area (TPSA) is 50.4 Å². The highest BCUT2D eigenvalue weighted by Crippen LogP contribution is 2.14. The number of nitrogens with one attached hydrogen (secondary N) is 2. The fourth-order valence-corrected chi connectivity index (χ4v) is 2.08. The van der Waals surface area contributed by atoms with Gasteiger partial charge in [-0.3, -0.25) is 4.79 Å². The van der Waals surface area contributed by atoms with Crippen LogP contribution in [-0.4, -0.2) is 24.6 Å². The molecule has 1 heterocycles. The Morgan fingerprint density at radius 1 is 1.45 bits per heavy atom. The van der Waals surface area contributed by atoms with Crippen molar-refractivity contribution in [1.29, 1.82) is 0 Å². The molecule has 1 atom stereocenters. The Kier molecular flexibility index (Phi) is 5.04. The number of allylic oxidation sites excluding steroid dienone is 1. The summed E-state index contributed by atoms with van der Waals surface area (Å²) < 4.78 is 5.51. The Balaban J connectivity index is 1.92. The van der Waals surface area contributed by atoms with Gasteiger partial charge in [-0.15, -0.1) is 0 Å². The molecule has 108 valence electrons. The van der Waals surface area contributed by atoms with Crippen LogP contribution in [0.5, 0.6) is 0 Å². The maximum Gasteiger partial charge on any atom is 0.251 e. The lowest BCUT2D eigenvalue weighted by molar-refractivity contribution is 0.0943. The predicted molar refractivity (Wildman–Crippen MR) is 80.8 cm³/mol. The van der Waals surface area contributed by atoms with Crippen molar-refractivity contribution in [3.8, 4) is 0 Å². The highest BCUT2D eigenvalue weighted by Gasteiger charge is 2.11. The molecule has 0 aromatic heterocycles. The quantitative estimate of drug-likeness (QED) is 0.868. The van der Waals surface area contributed by atoms with Gasteiger partial charge in [0.25, 0.3) is 5.91 Å². The summed E-state index contributed by atoms with van der Waals surface area (Å²) in [5.74, 6) is -0.0412. The second-order valence-corrected chi connectivity index (χ2v) is 5.30. The molecule has 2 N–H and O–H groups in total. The molecule has 0 fully saturated rings. The van der Waals surface area contributed by atoms with Gasteiger partial charge in [-0.25, -0.2) is 0 Å². The summed E-state index contributed by atoms with van der Waals surface area (Å²) in [4.78, 5) is 11.9. The van der Waals surface area contributed by atoms with Gasteiger partial charge in [-0.2, -0.15) is 0 Å². The molecule has 0 saturated heterocycles. The van der Waals surface area contributed by atoms with Crippen LogP contribution in [0.4, 0.5) is 5.69 Å². The summed E-state index contributed by atoms with van der Waals surface area (Å²) in [6, 6.07) is 7.69. The smallest absolute Gasteiger partial charge is 0.251 e. The zero-order valence-corrected chi connectivity index (χ0v) is 12.1. The Bertz CT molecular complexity index is 483. The van der Waals surface area contributed by atoms with Crippen molar-refractivity contribution >= 4 is 11.6 Å². The second kappa shape index (κ2) is 6.98. The second-order valence-electron chi connectivity index (χ2n) is 5.30. The summed E-state index contributed by atoms with van der Waals surface area (Å²) in [7, 11) is 0. The van der Waals surface area contributed by atoms with Crippen LogP contribution >= 0.6 is 0 Å². The number of rotatable bonds is 5. The first-order chi connectivity index (χ1) is 9.65. The summed E-state index contributed by atoms with van der Waals surface area (Å²) in [6.07, 6.45) is 6.09. The van der Waals surface area contributed by atoms with E-state index in [1.807, 2.05) is 44.2 Å². The van der Waals surface area contributed by atoms with E-state index < -0.39 is 0 Å². The molecule has 1 amide bonds. The lowest BCUT2D eigenvalue weighted by Gasteiger charge is -2.20. The van der Waals surface area contributed by atoms with Crippen LogP contribution in [0.25, 0.3) is 0 Å². The molecular weight excluding hydrogens is 252 g/mol. The Morgan fingerprint density at radius 3 is 3.00 bits per heavy atom. The molecule has 1 unspecified atom stereocenters. The lowest BCUT2D eigenvalue weighted by atomic mass is 10.1. The van der Waals surface area contributed by atoms with E-state index in [2.05, 4.69) is 10.6 Å². The average Bonchev–Trinajstić information content (AvgIpc) is 2.46. The van der Waals surface area contributed by atoms with E-state index in [1.165, 1.54) is 0 Å². The normalized spacial score (nSPS) is 17.6. The van der Waals surface area contributed by atoms with Gasteiger partial charge >= 0.3 is 0 Å². The van der Waals surface area contributed by atoms with E-state index in [4.69, 9.17) is 4.74 Å². The molecule has 4 nitrogen and oxygen atoms in total. The Hall–Kier alpha value is -1.97. The van der Waals surface area contributed by atoms with Gasteiger partial charge in [0.2, 0.25) is 0 Å². The SMILES string of the molecule is CC(C)NC(=O)c1cccc(NCC2CCC=CO2)c1. The van der Waals surface area contributed by atoms with Crippen molar-refractivity contribution < 1.29 is 9.53 Å². The van der Waals surface area contributed by atoms with Crippen LogP contribution in [0.1, 0.15) is 37.0 Å². The number of anilines is 1. The van der Waals surface area contributed by atoms with Gasteiger partial charge in [0.1, 0.15) is 6.10 Å². The average molecular weight is 274 g/mol. The number of ether oxygens (including phenoxy) is 1. The van der Waals surface area contributed by atoms with Crippen LogP contribution < -0.4 is 10.6 Å². The molecule has 1 aromatic carbocycles. The third kappa shape index (κ3) is 4.30. The fraction of sp³-hybridized carbons (Fsp3) is 0.438. The number of hydrogen-bond donors (Lipinski definition) is 2. The van der Waals surface area contributed by atoms with Crippen molar-refractivity contribution in [2.75, 3.05) is 11.9 Å². The molecule has 0 aliphatic carbocycles. The number of amides is 1. The van der Waals surface area contributed by atoms with E-state index in [9.17, 15) is 4.79 Å². The number of carbonyl (C=O) groups excluding carboxylic acids is 1. The van der Waals surface area contributed by atoms with E-state index in [-0.39, 0.29) is 18.1 Å². The molecule has 0 saturated carbocycles. The lowest BCUT2D eigenvalue weighted by Crippen LogP contribution is -2.30. The zero-order valence-electron chi connectivity index (χ0n) is 12.1. The summed E-state index contributed by atoms with van der Waals surface area (Å²) in [6.45, 7) is 4.65. The number of benzene rings is 1. The summed E-state index contributed by atoms with van der Waals surface area (Å²) >= 11 is 0. The van der Waals surface area contributed by atoms with Crippen molar-refractivity contribution in [3.05, 3.63) is 42.2 Å². The molecule has 2 rings (SSSR count). The third-order valence-electron chi connectivity index (χ3n) is 3.10. The van der Waals surface area contributed by atoms with Gasteiger partial charge in [-0.05, 0) is 51.0 Å². The van der Waals surface area contributed by atoms with Crippen molar-refractivity contribution in [2.45, 2.75) is 38.8 Å². The van der Waals surface area contributed by atoms with Crippen LogP contribution in [0.2, 0.25) is 0 Å². The maximum atomic E-state index is 11.9. The van der Waals surface area contributed by atoms with Gasteiger partial charge in [0.05, 0.1) is 12.8 Å². The van der Waals surface area contributed by atoms with E-state index >= 15 is 0 Å². The van der Waals surface area contributed by atoms with E-state index in [1.54, 1.807) is 6.26 Å². The fourth-order valence-electron chi connectivity index (χ4n) is 2.08. The molecule has 1 aromatic rings. The van der Waals surface area contributed by atoms with Crippen molar-refractivity contribution in [1.82, 2.24) is 5.32 Å². The third-order valence-corrected chi connectivity index (χ3v) is 3.10. The van der Waals surface area contributed by atoms with Gasteiger partial charge in [0, 0.05) is 17.3 Å². The molecule has 0 bridgehead atoms. The molecule has 1 aliphatic rings. The monoisotopic (exact) mass is 274 g/mol. The summed E-state index contributed by atoms with van der Waals surface area (Å²) in [5, 5.41) is 6.22. The molecule has 0 spiro atoms. The Morgan fingerprint density at radius 2 is 2.30 bits per heavy atom. The molecule has 20 heavy (non-hydrogen) atoms. The highest BCUT2D eigenvalue weighted by atomic mass is 16.5. The van der Waals surface area contributed by atoms with Crippen LogP contribution in [0.15, 0.2) is 36.6 Å². The number of carbonyl (C=O) groups is 1. The predicted octanol–water partition coefficient (Wildman–Crippen LogP) is 2.93. The summed E-state index contributed by atoms with van der Waals surface area (Å²) in [5.41, 5.74) is 1.62. The van der Waals surface area contributed by atoms with Crippen molar-refractivity contribution in [2.24, 2.45) is 0 Å². The maximum absolute atomic E-state index is 11.9. The van der Waals surface area contributed by atoms with Gasteiger partial charge in [0.15, 0.2) is 0 Å². The molecule has 1 aliphatic heterocycles. The number of hydrogen-bond acceptors (Lipinski definition) is 3. The van der Waals surface area contributed by atoms with E-state index in [0.29, 0.717) is 5.56 Å². The van der Waals surface area contributed by atoms with Gasteiger partial charge < -0.3 is 15.4 Å². The Labute approximate surface area is 120 Å². The largest absolute Gasteiger partial charge is 0.497 e. The minimum atomic E-state index is -0.0412. The zero-order chi connectivity index (χ0) is 14.4. The minimum Gasteiger partial charge on any atom is -0.497 e. The molecule has 0 radical (unpaired) electrons. The first kappa shape index (κ1) is 14.4. The van der Waals surface area contributed by atoms with E-state index in [0.717, 1.165) is 25.1 Å². The molecule has 4 heteroatoms. The first-order valence-electron chi connectivity index (χ1n) is 7.10.